The Morgan fingerprint density at radius 2 is 2.00 bits per heavy atom. The molecule has 0 atom stereocenters. The molecule has 2 aromatic rings. The van der Waals surface area contributed by atoms with Crippen LogP contribution in [0.15, 0.2) is 22.7 Å². The maximum absolute atomic E-state index is 6.46. The predicted octanol–water partition coefficient (Wildman–Crippen LogP) is 2.80. The van der Waals surface area contributed by atoms with Crippen molar-refractivity contribution >= 4 is 0 Å². The van der Waals surface area contributed by atoms with Crippen molar-refractivity contribution in [2.24, 2.45) is 11.7 Å². The summed E-state index contributed by atoms with van der Waals surface area (Å²) in [5.41, 5.74) is 7.64. The van der Waals surface area contributed by atoms with Crippen LogP contribution in [0.1, 0.15) is 44.1 Å². The topological polar surface area (TPSA) is 77.8 Å². The molecule has 1 fully saturated rings. The largest absolute Gasteiger partial charge is 0.332 e. The first-order valence-electron chi connectivity index (χ1n) is 7.14. The van der Waals surface area contributed by atoms with Gasteiger partial charge in [-0.1, -0.05) is 18.1 Å². The maximum atomic E-state index is 6.46. The van der Waals surface area contributed by atoms with E-state index in [1.807, 2.05) is 25.1 Å². The Labute approximate surface area is 118 Å². The molecule has 0 aliphatic heterocycles. The number of pyridine rings is 1. The second-order valence-corrected chi connectivity index (χ2v) is 5.93. The molecule has 106 valence electrons. The van der Waals surface area contributed by atoms with Gasteiger partial charge in [0.05, 0.1) is 5.54 Å². The van der Waals surface area contributed by atoms with Crippen LogP contribution in [0.4, 0.5) is 0 Å². The molecule has 0 aromatic carbocycles. The van der Waals surface area contributed by atoms with E-state index in [0.717, 1.165) is 37.3 Å². The Hall–Kier alpha value is -1.75. The van der Waals surface area contributed by atoms with Gasteiger partial charge in [-0.3, -0.25) is 0 Å². The first-order valence-corrected chi connectivity index (χ1v) is 7.14. The Kier molecular flexibility index (Phi) is 3.30. The predicted molar refractivity (Wildman–Crippen MR) is 75.8 cm³/mol. The molecule has 0 unspecified atom stereocenters. The van der Waals surface area contributed by atoms with Crippen molar-refractivity contribution in [2.75, 3.05) is 0 Å². The summed E-state index contributed by atoms with van der Waals surface area (Å²) < 4.78 is 5.35. The zero-order valence-corrected chi connectivity index (χ0v) is 12.0. The highest BCUT2D eigenvalue weighted by atomic mass is 16.5. The third kappa shape index (κ3) is 2.45. The van der Waals surface area contributed by atoms with Crippen LogP contribution >= 0.6 is 0 Å². The van der Waals surface area contributed by atoms with Gasteiger partial charge in [0.2, 0.25) is 0 Å². The third-order valence-electron chi connectivity index (χ3n) is 4.15. The summed E-state index contributed by atoms with van der Waals surface area (Å²) >= 11 is 0. The molecule has 0 saturated heterocycles. The van der Waals surface area contributed by atoms with E-state index in [1.165, 1.54) is 0 Å². The number of aryl methyl sites for hydroxylation is 1. The van der Waals surface area contributed by atoms with E-state index in [9.17, 15) is 0 Å². The second kappa shape index (κ2) is 4.98. The van der Waals surface area contributed by atoms with Gasteiger partial charge in [0.1, 0.15) is 5.69 Å². The molecule has 1 aliphatic rings. The first-order chi connectivity index (χ1) is 9.57. The number of rotatable bonds is 2. The zero-order valence-electron chi connectivity index (χ0n) is 12.0. The van der Waals surface area contributed by atoms with E-state index in [2.05, 4.69) is 22.0 Å². The molecule has 20 heavy (non-hydrogen) atoms. The van der Waals surface area contributed by atoms with Gasteiger partial charge in [-0.25, -0.2) is 4.98 Å². The monoisotopic (exact) mass is 272 g/mol. The first kappa shape index (κ1) is 13.2. The lowest BCUT2D eigenvalue weighted by molar-refractivity contribution is 0.230. The van der Waals surface area contributed by atoms with Gasteiger partial charge in [0.25, 0.3) is 5.89 Å². The van der Waals surface area contributed by atoms with Crippen LogP contribution in [-0.4, -0.2) is 15.1 Å². The second-order valence-electron chi connectivity index (χ2n) is 5.93. The summed E-state index contributed by atoms with van der Waals surface area (Å²) in [4.78, 5) is 8.88. The number of nitrogens with two attached hydrogens (primary N) is 1. The Morgan fingerprint density at radius 1 is 1.25 bits per heavy atom. The van der Waals surface area contributed by atoms with Gasteiger partial charge in [-0.15, -0.1) is 0 Å². The lowest BCUT2D eigenvalue weighted by Crippen LogP contribution is -2.41. The van der Waals surface area contributed by atoms with E-state index in [-0.39, 0.29) is 0 Å². The van der Waals surface area contributed by atoms with Crippen LogP contribution in [0.3, 0.4) is 0 Å². The summed E-state index contributed by atoms with van der Waals surface area (Å²) in [6.07, 6.45) is 4.05. The average molecular weight is 272 g/mol. The third-order valence-corrected chi connectivity index (χ3v) is 4.15. The maximum Gasteiger partial charge on any atom is 0.276 e. The SMILES string of the molecule is Cc1cccc(-c2nc(C3(N)CCC(C)CC3)no2)n1. The summed E-state index contributed by atoms with van der Waals surface area (Å²) in [5.74, 6) is 1.80. The standard InChI is InChI=1S/C15H20N4O/c1-10-6-8-15(16,9-7-10)14-18-13(20-19-14)12-5-3-4-11(2)17-12/h3-5,10H,6-9,16H2,1-2H3. The highest BCUT2D eigenvalue weighted by molar-refractivity contribution is 5.46. The summed E-state index contributed by atoms with van der Waals surface area (Å²) in [6, 6.07) is 5.74. The minimum absolute atomic E-state index is 0.446. The molecule has 1 saturated carbocycles. The van der Waals surface area contributed by atoms with Crippen LogP contribution in [0.25, 0.3) is 11.6 Å². The quantitative estimate of drug-likeness (QED) is 0.909. The lowest BCUT2D eigenvalue weighted by Gasteiger charge is -2.33. The van der Waals surface area contributed by atoms with E-state index >= 15 is 0 Å². The summed E-state index contributed by atoms with van der Waals surface area (Å²) in [6.45, 7) is 4.20. The van der Waals surface area contributed by atoms with Gasteiger partial charge in [-0.05, 0) is 50.7 Å². The highest BCUT2D eigenvalue weighted by Gasteiger charge is 2.36. The minimum atomic E-state index is -0.446. The van der Waals surface area contributed by atoms with Crippen LogP contribution < -0.4 is 5.73 Å². The van der Waals surface area contributed by atoms with Crippen LogP contribution in [-0.2, 0) is 5.54 Å². The molecule has 5 heteroatoms. The van der Waals surface area contributed by atoms with E-state index in [0.29, 0.717) is 17.4 Å². The Balaban J connectivity index is 1.87. The van der Waals surface area contributed by atoms with Gasteiger partial charge < -0.3 is 10.3 Å². The van der Waals surface area contributed by atoms with Crippen molar-refractivity contribution in [3.63, 3.8) is 0 Å². The molecular weight excluding hydrogens is 252 g/mol. The Bertz CT molecular complexity index is 599. The number of hydrogen-bond acceptors (Lipinski definition) is 5. The summed E-state index contributed by atoms with van der Waals surface area (Å²) in [5, 5.41) is 4.09. The molecule has 3 rings (SSSR count). The molecule has 0 bridgehead atoms. The van der Waals surface area contributed by atoms with Crippen molar-refractivity contribution in [1.29, 1.82) is 0 Å². The molecule has 2 aromatic heterocycles. The van der Waals surface area contributed by atoms with Crippen molar-refractivity contribution in [3.05, 3.63) is 29.7 Å². The smallest absolute Gasteiger partial charge is 0.276 e. The van der Waals surface area contributed by atoms with Gasteiger partial charge in [0, 0.05) is 5.69 Å². The number of nitrogens with zero attached hydrogens (tertiary/aromatic N) is 3. The number of aromatic nitrogens is 3. The Morgan fingerprint density at radius 3 is 2.70 bits per heavy atom. The molecule has 0 radical (unpaired) electrons. The minimum Gasteiger partial charge on any atom is -0.332 e. The lowest BCUT2D eigenvalue weighted by atomic mass is 9.77. The van der Waals surface area contributed by atoms with Crippen molar-refractivity contribution in [2.45, 2.75) is 45.1 Å². The van der Waals surface area contributed by atoms with Crippen molar-refractivity contribution < 1.29 is 4.52 Å². The van der Waals surface area contributed by atoms with E-state index < -0.39 is 5.54 Å². The molecular formula is C15H20N4O. The van der Waals surface area contributed by atoms with Gasteiger partial charge >= 0.3 is 0 Å². The van der Waals surface area contributed by atoms with E-state index in [1.54, 1.807) is 0 Å². The fourth-order valence-corrected chi connectivity index (χ4v) is 2.69. The summed E-state index contributed by atoms with van der Waals surface area (Å²) in [7, 11) is 0. The van der Waals surface area contributed by atoms with Crippen LogP contribution in [0.5, 0.6) is 0 Å². The molecule has 0 spiro atoms. The fraction of sp³-hybridized carbons (Fsp3) is 0.533. The highest BCUT2D eigenvalue weighted by Crippen LogP contribution is 2.36. The van der Waals surface area contributed by atoms with Crippen molar-refractivity contribution in [3.8, 4) is 11.6 Å². The molecule has 2 N–H and O–H groups in total. The fourth-order valence-electron chi connectivity index (χ4n) is 2.69. The van der Waals surface area contributed by atoms with Crippen LogP contribution in [0.2, 0.25) is 0 Å². The van der Waals surface area contributed by atoms with Crippen molar-refractivity contribution in [1.82, 2.24) is 15.1 Å². The molecule has 5 nitrogen and oxygen atoms in total. The molecule has 0 amide bonds. The van der Waals surface area contributed by atoms with Crippen LogP contribution in [0, 0.1) is 12.8 Å². The van der Waals surface area contributed by atoms with Gasteiger partial charge in [0.15, 0.2) is 5.82 Å². The van der Waals surface area contributed by atoms with Gasteiger partial charge in [-0.2, -0.15) is 4.98 Å². The number of hydrogen-bond donors (Lipinski definition) is 1. The molecule has 1 aliphatic carbocycles. The zero-order chi connectivity index (χ0) is 14.2. The molecule has 2 heterocycles. The van der Waals surface area contributed by atoms with E-state index in [4.69, 9.17) is 10.3 Å². The normalized spacial score (nSPS) is 26.6. The average Bonchev–Trinajstić information content (AvgIpc) is 2.93.